The van der Waals surface area contributed by atoms with E-state index in [4.69, 9.17) is 10.5 Å². The first-order valence-corrected chi connectivity index (χ1v) is 6.17. The topological polar surface area (TPSA) is 38.5 Å². The summed E-state index contributed by atoms with van der Waals surface area (Å²) in [5.41, 5.74) is 5.70. The number of hydrogen-bond acceptors (Lipinski definition) is 3. The molecular weight excluding hydrogens is 257 g/mol. The van der Waals surface area contributed by atoms with E-state index in [1.807, 2.05) is 11.8 Å². The number of nitrogens with two attached hydrogens (primary N) is 1. The minimum Gasteiger partial charge on any atom is -0.373 e. The lowest BCUT2D eigenvalue weighted by molar-refractivity contribution is -0.137. The van der Waals surface area contributed by atoms with Gasteiger partial charge in [-0.15, -0.1) is 0 Å². The molecule has 0 aromatic heterocycles. The summed E-state index contributed by atoms with van der Waals surface area (Å²) in [7, 11) is 0. The number of anilines is 1. The van der Waals surface area contributed by atoms with Crippen molar-refractivity contribution in [3.05, 3.63) is 29.8 Å². The number of morpholine rings is 1. The van der Waals surface area contributed by atoms with Gasteiger partial charge >= 0.3 is 6.18 Å². The van der Waals surface area contributed by atoms with Gasteiger partial charge in [0.1, 0.15) is 0 Å². The summed E-state index contributed by atoms with van der Waals surface area (Å²) in [5.74, 6) is 0. The van der Waals surface area contributed by atoms with E-state index in [1.54, 1.807) is 0 Å². The SMILES string of the molecule is CC1COC(CN)CN1c1ccc(C(F)(F)F)cc1. The third-order valence-corrected chi connectivity index (χ3v) is 3.29. The van der Waals surface area contributed by atoms with Crippen LogP contribution in [0.5, 0.6) is 0 Å². The van der Waals surface area contributed by atoms with E-state index in [2.05, 4.69) is 0 Å². The zero-order valence-electron chi connectivity index (χ0n) is 10.7. The van der Waals surface area contributed by atoms with Crippen molar-refractivity contribution < 1.29 is 17.9 Å². The van der Waals surface area contributed by atoms with Crippen molar-refractivity contribution in [2.75, 3.05) is 24.6 Å². The summed E-state index contributed by atoms with van der Waals surface area (Å²) < 4.78 is 43.0. The van der Waals surface area contributed by atoms with Crippen molar-refractivity contribution in [3.63, 3.8) is 0 Å². The Labute approximate surface area is 110 Å². The van der Waals surface area contributed by atoms with Gasteiger partial charge in [0.15, 0.2) is 0 Å². The van der Waals surface area contributed by atoms with E-state index in [-0.39, 0.29) is 12.1 Å². The van der Waals surface area contributed by atoms with Crippen LogP contribution in [0.2, 0.25) is 0 Å². The Morgan fingerprint density at radius 2 is 1.95 bits per heavy atom. The van der Waals surface area contributed by atoms with Gasteiger partial charge in [-0.05, 0) is 31.2 Å². The molecule has 1 aliphatic rings. The van der Waals surface area contributed by atoms with Crippen molar-refractivity contribution in [2.24, 2.45) is 5.73 Å². The second kappa shape index (κ2) is 5.38. The Morgan fingerprint density at radius 3 is 2.47 bits per heavy atom. The molecule has 3 nitrogen and oxygen atoms in total. The van der Waals surface area contributed by atoms with Crippen LogP contribution >= 0.6 is 0 Å². The average molecular weight is 274 g/mol. The smallest absolute Gasteiger partial charge is 0.373 e. The molecule has 6 heteroatoms. The monoisotopic (exact) mass is 274 g/mol. The summed E-state index contributed by atoms with van der Waals surface area (Å²) >= 11 is 0. The molecule has 2 unspecified atom stereocenters. The van der Waals surface area contributed by atoms with Gasteiger partial charge < -0.3 is 15.4 Å². The first-order chi connectivity index (χ1) is 8.91. The Bertz CT molecular complexity index is 419. The summed E-state index contributed by atoms with van der Waals surface area (Å²) in [6, 6.07) is 5.33. The molecule has 1 aromatic carbocycles. The van der Waals surface area contributed by atoms with Gasteiger partial charge in [0.05, 0.1) is 18.3 Å². The molecule has 0 saturated carbocycles. The Kier molecular flexibility index (Phi) is 4.01. The van der Waals surface area contributed by atoms with E-state index >= 15 is 0 Å². The minimum absolute atomic E-state index is 0.0708. The lowest BCUT2D eigenvalue weighted by Crippen LogP contribution is -2.50. The van der Waals surface area contributed by atoms with Crippen LogP contribution in [0, 0.1) is 0 Å². The van der Waals surface area contributed by atoms with Crippen molar-refractivity contribution >= 4 is 5.69 Å². The molecule has 1 heterocycles. The Balaban J connectivity index is 2.16. The van der Waals surface area contributed by atoms with E-state index in [1.165, 1.54) is 12.1 Å². The third-order valence-electron chi connectivity index (χ3n) is 3.29. The third kappa shape index (κ3) is 3.19. The van der Waals surface area contributed by atoms with Crippen LogP contribution in [-0.4, -0.2) is 31.8 Å². The Morgan fingerprint density at radius 1 is 1.32 bits per heavy atom. The summed E-state index contributed by atoms with van der Waals surface area (Å²) in [6.07, 6.45) is -4.37. The molecule has 0 spiro atoms. The molecule has 2 atom stereocenters. The lowest BCUT2D eigenvalue weighted by atomic mass is 10.1. The molecule has 0 amide bonds. The van der Waals surface area contributed by atoms with Crippen LogP contribution in [0.25, 0.3) is 0 Å². The van der Waals surface area contributed by atoms with Crippen LogP contribution in [-0.2, 0) is 10.9 Å². The summed E-state index contributed by atoms with van der Waals surface area (Å²) in [6.45, 7) is 3.51. The highest BCUT2D eigenvalue weighted by Crippen LogP contribution is 2.31. The van der Waals surface area contributed by atoms with Gasteiger partial charge in [0.2, 0.25) is 0 Å². The predicted octanol–water partition coefficient (Wildman–Crippen LogP) is 2.26. The fraction of sp³-hybridized carbons (Fsp3) is 0.538. The highest BCUT2D eigenvalue weighted by molar-refractivity contribution is 5.49. The largest absolute Gasteiger partial charge is 0.416 e. The zero-order valence-corrected chi connectivity index (χ0v) is 10.7. The first-order valence-electron chi connectivity index (χ1n) is 6.17. The predicted molar refractivity (Wildman–Crippen MR) is 67.0 cm³/mol. The van der Waals surface area contributed by atoms with Gasteiger partial charge in [-0.3, -0.25) is 0 Å². The maximum Gasteiger partial charge on any atom is 0.416 e. The van der Waals surface area contributed by atoms with Crippen molar-refractivity contribution in [3.8, 4) is 0 Å². The molecule has 0 radical (unpaired) electrons. The molecule has 19 heavy (non-hydrogen) atoms. The maximum atomic E-state index is 12.5. The lowest BCUT2D eigenvalue weighted by Gasteiger charge is -2.39. The molecule has 1 saturated heterocycles. The maximum absolute atomic E-state index is 12.5. The number of rotatable bonds is 2. The second-order valence-corrected chi connectivity index (χ2v) is 4.74. The second-order valence-electron chi connectivity index (χ2n) is 4.74. The molecule has 2 rings (SSSR count). The van der Waals surface area contributed by atoms with E-state index < -0.39 is 11.7 Å². The zero-order chi connectivity index (χ0) is 14.0. The number of alkyl halides is 3. The number of ether oxygens (including phenoxy) is 1. The highest BCUT2D eigenvalue weighted by atomic mass is 19.4. The highest BCUT2D eigenvalue weighted by Gasteiger charge is 2.31. The van der Waals surface area contributed by atoms with Gasteiger partial charge in [0, 0.05) is 24.8 Å². The average Bonchev–Trinajstić information content (AvgIpc) is 2.38. The van der Waals surface area contributed by atoms with E-state index in [0.717, 1.165) is 17.8 Å². The standard InChI is InChI=1S/C13H17F3N2O/c1-9-8-19-12(6-17)7-18(9)11-4-2-10(3-5-11)13(14,15)16/h2-5,9,12H,6-8,17H2,1H3. The molecule has 1 aromatic rings. The van der Waals surface area contributed by atoms with Crippen LogP contribution in [0.3, 0.4) is 0 Å². The van der Waals surface area contributed by atoms with E-state index in [9.17, 15) is 13.2 Å². The summed E-state index contributed by atoms with van der Waals surface area (Å²) in [5, 5.41) is 0. The van der Waals surface area contributed by atoms with Crippen molar-refractivity contribution in [2.45, 2.75) is 25.2 Å². The van der Waals surface area contributed by atoms with Crippen LogP contribution in [0.4, 0.5) is 18.9 Å². The van der Waals surface area contributed by atoms with Gasteiger partial charge in [-0.25, -0.2) is 0 Å². The number of benzene rings is 1. The van der Waals surface area contributed by atoms with Gasteiger partial charge in [-0.1, -0.05) is 0 Å². The number of halogens is 3. The van der Waals surface area contributed by atoms with Crippen molar-refractivity contribution in [1.29, 1.82) is 0 Å². The fourth-order valence-electron chi connectivity index (χ4n) is 2.16. The fourth-order valence-corrected chi connectivity index (χ4v) is 2.16. The molecule has 106 valence electrons. The number of nitrogens with zero attached hydrogens (tertiary/aromatic N) is 1. The van der Waals surface area contributed by atoms with Gasteiger partial charge in [0.25, 0.3) is 0 Å². The molecule has 1 aliphatic heterocycles. The normalized spacial score (nSPS) is 24.6. The quantitative estimate of drug-likeness (QED) is 0.899. The van der Waals surface area contributed by atoms with Gasteiger partial charge in [-0.2, -0.15) is 13.2 Å². The van der Waals surface area contributed by atoms with E-state index in [0.29, 0.717) is 19.7 Å². The minimum atomic E-state index is -4.30. The molecule has 1 fully saturated rings. The Hall–Kier alpha value is -1.27. The molecular formula is C13H17F3N2O. The van der Waals surface area contributed by atoms with Crippen LogP contribution in [0.1, 0.15) is 12.5 Å². The number of hydrogen-bond donors (Lipinski definition) is 1. The molecule has 2 N–H and O–H groups in total. The summed E-state index contributed by atoms with van der Waals surface area (Å²) in [4.78, 5) is 2.03. The van der Waals surface area contributed by atoms with Crippen LogP contribution in [0.15, 0.2) is 24.3 Å². The first kappa shape index (κ1) is 14.1. The molecule has 0 aliphatic carbocycles. The van der Waals surface area contributed by atoms with Crippen LogP contribution < -0.4 is 10.6 Å². The molecule has 0 bridgehead atoms. The van der Waals surface area contributed by atoms with Crippen molar-refractivity contribution in [1.82, 2.24) is 0 Å².